The Morgan fingerprint density at radius 2 is 1.56 bits per heavy atom. The molecule has 3 aliphatic carbocycles. The number of carbonyl (C=O) groups excluding carboxylic acids is 2. The van der Waals surface area contributed by atoms with Crippen molar-refractivity contribution in [2.75, 3.05) is 26.2 Å². The highest BCUT2D eigenvalue weighted by Crippen LogP contribution is 2.72. The SMILES string of the molecule is CCN(CC)CCCCNC(=O)[C@H]1[C@H](C(=O)NCc2ccc(Br)cc2)[C@@H]2C=C[C@H]1C21CC1. The Morgan fingerprint density at radius 1 is 0.969 bits per heavy atom. The molecule has 0 saturated heterocycles. The van der Waals surface area contributed by atoms with Gasteiger partial charge in [0.1, 0.15) is 0 Å². The topological polar surface area (TPSA) is 61.4 Å². The zero-order valence-corrected chi connectivity index (χ0v) is 20.9. The molecule has 1 aromatic carbocycles. The van der Waals surface area contributed by atoms with Crippen LogP contribution in [0.1, 0.15) is 45.1 Å². The monoisotopic (exact) mass is 501 g/mol. The lowest BCUT2D eigenvalue weighted by molar-refractivity contribution is -0.135. The third-order valence-corrected chi connectivity index (χ3v) is 8.45. The van der Waals surface area contributed by atoms with Gasteiger partial charge in [-0.05, 0) is 80.3 Å². The molecule has 1 spiro atoms. The molecule has 5 nitrogen and oxygen atoms in total. The maximum Gasteiger partial charge on any atom is 0.224 e. The average Bonchev–Trinajstić information content (AvgIpc) is 3.47. The molecule has 0 aromatic heterocycles. The predicted octanol–water partition coefficient (Wildman–Crippen LogP) is 4.13. The van der Waals surface area contributed by atoms with E-state index in [9.17, 15) is 9.59 Å². The van der Waals surface area contributed by atoms with Crippen LogP contribution in [0.4, 0.5) is 0 Å². The summed E-state index contributed by atoms with van der Waals surface area (Å²) in [6.45, 7) is 8.77. The van der Waals surface area contributed by atoms with Gasteiger partial charge < -0.3 is 15.5 Å². The Hall–Kier alpha value is -1.66. The van der Waals surface area contributed by atoms with Crippen LogP contribution < -0.4 is 10.6 Å². The maximum atomic E-state index is 13.3. The molecule has 2 bridgehead atoms. The fraction of sp³-hybridized carbons (Fsp3) is 0.615. The minimum Gasteiger partial charge on any atom is -0.356 e. The number of hydrogen-bond acceptors (Lipinski definition) is 3. The van der Waals surface area contributed by atoms with Crippen LogP contribution in [0.15, 0.2) is 40.9 Å². The summed E-state index contributed by atoms with van der Waals surface area (Å²) in [5.41, 5.74) is 1.24. The maximum absolute atomic E-state index is 13.3. The molecular weight excluding hydrogens is 466 g/mol. The van der Waals surface area contributed by atoms with Gasteiger partial charge in [0.25, 0.3) is 0 Å². The molecule has 2 N–H and O–H groups in total. The normalized spacial score (nSPS) is 26.6. The van der Waals surface area contributed by atoms with E-state index in [1.807, 2.05) is 24.3 Å². The number of allylic oxidation sites excluding steroid dienone is 2. The van der Waals surface area contributed by atoms with E-state index >= 15 is 0 Å². The summed E-state index contributed by atoms with van der Waals surface area (Å²) in [6, 6.07) is 7.99. The molecule has 0 aliphatic heterocycles. The third kappa shape index (κ3) is 4.67. The van der Waals surface area contributed by atoms with Crippen LogP contribution in [0.25, 0.3) is 0 Å². The standard InChI is InChI=1S/C26H36BrN3O2/c1-3-30(4-2)16-6-5-15-28-24(31)22-20-11-12-21(26(20)13-14-26)23(22)25(32)29-17-18-7-9-19(27)10-8-18/h7-12,20-23H,3-6,13-17H2,1-2H3,(H,28,31)(H,29,32)/t20-,21+,22-,23-/m1/s1. The van der Waals surface area contributed by atoms with E-state index in [2.05, 4.69) is 57.5 Å². The minimum atomic E-state index is -0.251. The van der Waals surface area contributed by atoms with Gasteiger partial charge in [-0.2, -0.15) is 0 Å². The number of nitrogens with one attached hydrogen (secondary N) is 2. The summed E-state index contributed by atoms with van der Waals surface area (Å²) in [5, 5.41) is 6.30. The molecule has 0 unspecified atom stereocenters. The van der Waals surface area contributed by atoms with Crippen LogP contribution in [-0.2, 0) is 16.1 Å². The Kier molecular flexibility index (Phi) is 7.40. The van der Waals surface area contributed by atoms with Gasteiger partial charge in [0.05, 0.1) is 11.8 Å². The molecule has 32 heavy (non-hydrogen) atoms. The molecule has 6 heteroatoms. The number of halogens is 1. The van der Waals surface area contributed by atoms with Gasteiger partial charge in [-0.25, -0.2) is 0 Å². The van der Waals surface area contributed by atoms with E-state index in [0.29, 0.717) is 13.1 Å². The second kappa shape index (κ2) is 10.1. The number of amides is 2. The molecule has 2 saturated carbocycles. The lowest BCUT2D eigenvalue weighted by Gasteiger charge is -2.26. The summed E-state index contributed by atoms with van der Waals surface area (Å²) in [7, 11) is 0. The first-order valence-corrected chi connectivity index (χ1v) is 13.0. The summed E-state index contributed by atoms with van der Waals surface area (Å²) < 4.78 is 1.02. The number of unbranched alkanes of at least 4 members (excludes halogenated alkanes) is 1. The average molecular weight is 502 g/mol. The van der Waals surface area contributed by atoms with Crippen molar-refractivity contribution in [1.82, 2.24) is 15.5 Å². The zero-order valence-electron chi connectivity index (χ0n) is 19.3. The molecule has 0 radical (unpaired) electrons. The molecule has 2 amide bonds. The number of nitrogens with zero attached hydrogens (tertiary/aromatic N) is 1. The highest BCUT2D eigenvalue weighted by molar-refractivity contribution is 9.10. The van der Waals surface area contributed by atoms with Crippen molar-refractivity contribution in [3.8, 4) is 0 Å². The lowest BCUT2D eigenvalue weighted by atomic mass is 9.81. The van der Waals surface area contributed by atoms with Crippen molar-refractivity contribution in [3.05, 3.63) is 46.5 Å². The molecule has 174 valence electrons. The molecule has 3 aliphatic rings. The summed E-state index contributed by atoms with van der Waals surface area (Å²) in [6.07, 6.45) is 8.78. The quantitative estimate of drug-likeness (QED) is 0.354. The molecule has 0 heterocycles. The van der Waals surface area contributed by atoms with Crippen LogP contribution in [0.3, 0.4) is 0 Å². The van der Waals surface area contributed by atoms with Gasteiger partial charge in [0, 0.05) is 17.6 Å². The van der Waals surface area contributed by atoms with Crippen LogP contribution in [0, 0.1) is 29.1 Å². The van der Waals surface area contributed by atoms with E-state index < -0.39 is 0 Å². The van der Waals surface area contributed by atoms with Gasteiger partial charge in [-0.3, -0.25) is 9.59 Å². The third-order valence-electron chi connectivity index (χ3n) is 7.92. The van der Waals surface area contributed by atoms with Gasteiger partial charge in [0.15, 0.2) is 0 Å². The highest BCUT2D eigenvalue weighted by atomic mass is 79.9. The van der Waals surface area contributed by atoms with Gasteiger partial charge >= 0.3 is 0 Å². The van der Waals surface area contributed by atoms with Gasteiger partial charge in [-0.15, -0.1) is 0 Å². The Morgan fingerprint density at radius 3 is 2.12 bits per heavy atom. The second-order valence-corrected chi connectivity index (χ2v) is 10.5. The Bertz CT molecular complexity index is 845. The number of hydrogen-bond donors (Lipinski definition) is 2. The molecule has 1 aromatic rings. The number of rotatable bonds is 11. The molecule has 4 atom stereocenters. The molecular formula is C26H36BrN3O2. The van der Waals surface area contributed by atoms with Crippen LogP contribution in [-0.4, -0.2) is 42.9 Å². The largest absolute Gasteiger partial charge is 0.356 e. The zero-order chi connectivity index (χ0) is 22.7. The van der Waals surface area contributed by atoms with E-state index in [1.165, 1.54) is 0 Å². The smallest absolute Gasteiger partial charge is 0.224 e. The predicted molar refractivity (Wildman–Crippen MR) is 131 cm³/mol. The van der Waals surface area contributed by atoms with Crippen molar-refractivity contribution in [2.45, 2.75) is 46.1 Å². The fourth-order valence-electron chi connectivity index (χ4n) is 5.95. The van der Waals surface area contributed by atoms with Crippen molar-refractivity contribution in [3.63, 3.8) is 0 Å². The molecule has 2 fully saturated rings. The first-order valence-electron chi connectivity index (χ1n) is 12.2. The first kappa shape index (κ1) is 23.5. The summed E-state index contributed by atoms with van der Waals surface area (Å²) >= 11 is 3.45. The van der Waals surface area contributed by atoms with Gasteiger partial charge in [0.2, 0.25) is 11.8 Å². The van der Waals surface area contributed by atoms with Crippen molar-refractivity contribution >= 4 is 27.7 Å². The van der Waals surface area contributed by atoms with Crippen LogP contribution in [0.5, 0.6) is 0 Å². The van der Waals surface area contributed by atoms with Gasteiger partial charge in [-0.1, -0.05) is 54.1 Å². The fourth-order valence-corrected chi connectivity index (χ4v) is 6.21. The van der Waals surface area contributed by atoms with Crippen LogP contribution in [0.2, 0.25) is 0 Å². The Balaban J connectivity index is 1.34. The van der Waals surface area contributed by atoms with E-state index in [1.54, 1.807) is 0 Å². The van der Waals surface area contributed by atoms with E-state index in [0.717, 1.165) is 55.4 Å². The van der Waals surface area contributed by atoms with Crippen molar-refractivity contribution in [2.24, 2.45) is 29.1 Å². The minimum absolute atomic E-state index is 0.0257. The van der Waals surface area contributed by atoms with Crippen LogP contribution >= 0.6 is 15.9 Å². The van der Waals surface area contributed by atoms with Crippen molar-refractivity contribution < 1.29 is 9.59 Å². The lowest BCUT2D eigenvalue weighted by Crippen LogP contribution is -2.44. The summed E-state index contributed by atoms with van der Waals surface area (Å²) in [4.78, 5) is 28.9. The Labute approximate surface area is 200 Å². The van der Waals surface area contributed by atoms with Crippen molar-refractivity contribution in [1.29, 1.82) is 0 Å². The van der Waals surface area contributed by atoms with E-state index in [4.69, 9.17) is 0 Å². The summed E-state index contributed by atoms with van der Waals surface area (Å²) in [5.74, 6) is 0.0266. The number of benzene rings is 1. The highest BCUT2D eigenvalue weighted by Gasteiger charge is 2.69. The molecule has 4 rings (SSSR count). The first-order chi connectivity index (χ1) is 15.5. The number of carbonyl (C=O) groups is 2. The second-order valence-electron chi connectivity index (χ2n) is 9.59. The van der Waals surface area contributed by atoms with E-state index in [-0.39, 0.29) is 40.9 Å².